The molecule has 104 valence electrons. The fourth-order valence-corrected chi connectivity index (χ4v) is 2.70. The van der Waals surface area contributed by atoms with Crippen LogP contribution in [0.5, 0.6) is 0 Å². The van der Waals surface area contributed by atoms with Crippen LogP contribution in [-0.4, -0.2) is 0 Å². The lowest BCUT2D eigenvalue weighted by Gasteiger charge is -2.21. The first-order valence-corrected chi connectivity index (χ1v) is 7.01. The number of nitrogens with two attached hydrogens (primary N) is 2. The van der Waals surface area contributed by atoms with Crippen molar-refractivity contribution < 1.29 is 0 Å². The fourth-order valence-electron chi connectivity index (χ4n) is 2.70. The van der Waals surface area contributed by atoms with Crippen molar-refractivity contribution >= 4 is 11.4 Å². The number of benzene rings is 3. The van der Waals surface area contributed by atoms with Crippen molar-refractivity contribution in [3.8, 4) is 0 Å². The smallest absolute Gasteiger partial charge is 0.0590 e. The second-order valence-corrected chi connectivity index (χ2v) is 5.10. The molecule has 4 N–H and O–H groups in total. The van der Waals surface area contributed by atoms with Crippen LogP contribution in [0.4, 0.5) is 11.4 Å². The number of hydrogen-bond acceptors (Lipinski definition) is 2. The highest BCUT2D eigenvalue weighted by molar-refractivity contribution is 5.70. The third kappa shape index (κ3) is 2.61. The molecule has 0 aliphatic rings. The second kappa shape index (κ2) is 5.71. The number of rotatable bonds is 3. The molecule has 0 aliphatic heterocycles. The van der Waals surface area contributed by atoms with E-state index in [9.17, 15) is 0 Å². The lowest BCUT2D eigenvalue weighted by molar-refractivity contribution is 0.981. The van der Waals surface area contributed by atoms with E-state index in [1.54, 1.807) is 0 Å². The van der Waals surface area contributed by atoms with Crippen molar-refractivity contribution in [2.75, 3.05) is 11.5 Å². The van der Waals surface area contributed by atoms with Crippen molar-refractivity contribution in [2.45, 2.75) is 5.92 Å². The van der Waals surface area contributed by atoms with Crippen LogP contribution in [0, 0.1) is 0 Å². The zero-order valence-electron chi connectivity index (χ0n) is 11.7. The summed E-state index contributed by atoms with van der Waals surface area (Å²) in [6, 6.07) is 26.6. The van der Waals surface area contributed by atoms with Gasteiger partial charge in [-0.3, -0.25) is 0 Å². The van der Waals surface area contributed by atoms with E-state index in [4.69, 9.17) is 11.5 Å². The highest BCUT2D eigenvalue weighted by Crippen LogP contribution is 2.36. The van der Waals surface area contributed by atoms with Crippen LogP contribution in [-0.2, 0) is 0 Å². The van der Waals surface area contributed by atoms with E-state index in [0.29, 0.717) is 11.4 Å². The average molecular weight is 274 g/mol. The molecule has 21 heavy (non-hydrogen) atoms. The summed E-state index contributed by atoms with van der Waals surface area (Å²) < 4.78 is 0. The summed E-state index contributed by atoms with van der Waals surface area (Å²) in [5.74, 6) is 0.0934. The molecule has 0 aliphatic carbocycles. The van der Waals surface area contributed by atoms with Gasteiger partial charge in [0.25, 0.3) is 0 Å². The maximum Gasteiger partial charge on any atom is 0.0590 e. The number of anilines is 2. The first-order valence-electron chi connectivity index (χ1n) is 7.01. The Kier molecular flexibility index (Phi) is 3.61. The Morgan fingerprint density at radius 2 is 1.10 bits per heavy atom. The van der Waals surface area contributed by atoms with Crippen LogP contribution in [0.15, 0.2) is 78.9 Å². The molecule has 0 saturated carbocycles. The number of para-hydroxylation sites is 1. The first kappa shape index (κ1) is 13.3. The minimum atomic E-state index is 0.0934. The van der Waals surface area contributed by atoms with Crippen molar-refractivity contribution in [1.29, 1.82) is 0 Å². The van der Waals surface area contributed by atoms with Gasteiger partial charge in [-0.1, -0.05) is 72.8 Å². The van der Waals surface area contributed by atoms with Gasteiger partial charge in [-0.05, 0) is 22.8 Å². The molecule has 0 spiro atoms. The fraction of sp³-hybridized carbons (Fsp3) is 0.0526. The molecule has 0 radical (unpaired) electrons. The summed E-state index contributed by atoms with van der Waals surface area (Å²) >= 11 is 0. The highest BCUT2D eigenvalue weighted by atomic mass is 14.7. The van der Waals surface area contributed by atoms with Gasteiger partial charge in [0.2, 0.25) is 0 Å². The Labute approximate surface area is 125 Å². The third-order valence-corrected chi connectivity index (χ3v) is 3.75. The van der Waals surface area contributed by atoms with Gasteiger partial charge in [0.1, 0.15) is 0 Å². The topological polar surface area (TPSA) is 52.0 Å². The van der Waals surface area contributed by atoms with Crippen molar-refractivity contribution in [2.24, 2.45) is 0 Å². The summed E-state index contributed by atoms with van der Waals surface area (Å²) in [7, 11) is 0. The molecule has 0 aromatic heterocycles. The van der Waals surface area contributed by atoms with Gasteiger partial charge >= 0.3 is 0 Å². The third-order valence-electron chi connectivity index (χ3n) is 3.75. The molecule has 0 atom stereocenters. The largest absolute Gasteiger partial charge is 0.397 e. The minimum Gasteiger partial charge on any atom is -0.397 e. The van der Waals surface area contributed by atoms with E-state index in [0.717, 1.165) is 5.56 Å². The summed E-state index contributed by atoms with van der Waals surface area (Å²) in [5.41, 5.74) is 17.0. The monoisotopic (exact) mass is 274 g/mol. The Balaban J connectivity index is 2.20. The van der Waals surface area contributed by atoms with Crippen molar-refractivity contribution in [3.63, 3.8) is 0 Å². The zero-order chi connectivity index (χ0) is 14.7. The van der Waals surface area contributed by atoms with Crippen LogP contribution in [0.1, 0.15) is 22.6 Å². The molecule has 2 heteroatoms. The molecule has 0 bridgehead atoms. The Morgan fingerprint density at radius 1 is 0.571 bits per heavy atom. The van der Waals surface area contributed by atoms with Gasteiger partial charge in [0.15, 0.2) is 0 Å². The average Bonchev–Trinajstić information content (AvgIpc) is 2.54. The molecular formula is C19H18N2. The molecule has 0 unspecified atom stereocenters. The Morgan fingerprint density at radius 3 is 1.62 bits per heavy atom. The number of nitrogen functional groups attached to an aromatic ring is 2. The van der Waals surface area contributed by atoms with Gasteiger partial charge in [-0.15, -0.1) is 0 Å². The van der Waals surface area contributed by atoms with E-state index < -0.39 is 0 Å². The predicted molar refractivity (Wildman–Crippen MR) is 89.1 cm³/mol. The van der Waals surface area contributed by atoms with Gasteiger partial charge in [0.05, 0.1) is 11.4 Å². The maximum absolute atomic E-state index is 6.23. The SMILES string of the molecule is Nc1cccc(C(c2ccccc2)c2ccccc2)c1N. The van der Waals surface area contributed by atoms with E-state index in [2.05, 4.69) is 30.3 Å². The van der Waals surface area contributed by atoms with Crippen LogP contribution in [0.3, 0.4) is 0 Å². The summed E-state index contributed by atoms with van der Waals surface area (Å²) in [6.45, 7) is 0. The van der Waals surface area contributed by atoms with E-state index in [1.165, 1.54) is 11.1 Å². The van der Waals surface area contributed by atoms with Crippen LogP contribution < -0.4 is 11.5 Å². The van der Waals surface area contributed by atoms with Crippen molar-refractivity contribution in [1.82, 2.24) is 0 Å². The van der Waals surface area contributed by atoms with Gasteiger partial charge < -0.3 is 11.5 Å². The van der Waals surface area contributed by atoms with Crippen LogP contribution in [0.25, 0.3) is 0 Å². The molecule has 0 amide bonds. The molecule has 3 aromatic carbocycles. The van der Waals surface area contributed by atoms with Gasteiger partial charge in [-0.25, -0.2) is 0 Å². The Hall–Kier alpha value is -2.74. The summed E-state index contributed by atoms with van der Waals surface area (Å²) in [5, 5.41) is 0. The second-order valence-electron chi connectivity index (χ2n) is 5.10. The lowest BCUT2D eigenvalue weighted by atomic mass is 9.84. The molecule has 3 aromatic rings. The van der Waals surface area contributed by atoms with Gasteiger partial charge in [0, 0.05) is 5.92 Å². The maximum atomic E-state index is 6.23. The standard InChI is InChI=1S/C19H18N2/c20-17-13-7-12-16(19(17)21)18(14-8-3-1-4-9-14)15-10-5-2-6-11-15/h1-13,18H,20-21H2. The zero-order valence-corrected chi connectivity index (χ0v) is 11.7. The van der Waals surface area contributed by atoms with E-state index >= 15 is 0 Å². The predicted octanol–water partition coefficient (Wildman–Crippen LogP) is 4.03. The molecule has 0 fully saturated rings. The summed E-state index contributed by atoms with van der Waals surface area (Å²) in [6.07, 6.45) is 0. The highest BCUT2D eigenvalue weighted by Gasteiger charge is 2.19. The molecule has 2 nitrogen and oxygen atoms in total. The summed E-state index contributed by atoms with van der Waals surface area (Å²) in [4.78, 5) is 0. The lowest BCUT2D eigenvalue weighted by Crippen LogP contribution is -2.08. The first-order chi connectivity index (χ1) is 10.3. The Bertz CT molecular complexity index is 682. The molecule has 3 rings (SSSR count). The molecule has 0 saturated heterocycles. The van der Waals surface area contributed by atoms with E-state index in [1.807, 2.05) is 48.5 Å². The quantitative estimate of drug-likeness (QED) is 0.559. The van der Waals surface area contributed by atoms with Gasteiger partial charge in [-0.2, -0.15) is 0 Å². The van der Waals surface area contributed by atoms with Crippen LogP contribution in [0.2, 0.25) is 0 Å². The van der Waals surface area contributed by atoms with Crippen molar-refractivity contribution in [3.05, 3.63) is 95.6 Å². The minimum absolute atomic E-state index is 0.0934. The molecular weight excluding hydrogens is 256 g/mol. The van der Waals surface area contributed by atoms with Crippen LogP contribution >= 0.6 is 0 Å². The normalized spacial score (nSPS) is 10.7. The molecule has 0 heterocycles. The number of hydrogen-bond donors (Lipinski definition) is 2. The van der Waals surface area contributed by atoms with E-state index in [-0.39, 0.29) is 5.92 Å².